The van der Waals surface area contributed by atoms with Gasteiger partial charge in [0.2, 0.25) is 0 Å². The minimum atomic E-state index is -0.767. The number of carbonyl (C=O) groups excluding carboxylic acids is 8. The van der Waals surface area contributed by atoms with E-state index in [1.54, 1.807) is 0 Å². The van der Waals surface area contributed by atoms with Gasteiger partial charge in [0.05, 0.1) is 0 Å². The summed E-state index contributed by atoms with van der Waals surface area (Å²) in [5, 5.41) is 0. The third kappa shape index (κ3) is 54.0. The standard InChI is InChI=1S/C54H80O10.C49H72O10/c1-9-13-15-17-19-21-23-25-27-29-51(57)63-47(37-59-49(55)11-3)39-61-53-41(5)33-45(34-42(53)6)31-32-46-35-43(7)54(44(8)36-46)62-40-48(38-60-50(56)12-4)64-52(58)30-28-26-24-22-20-18-16-14-10-2;1-5-9-11-13-15-17-19-21-23-25-48(52)58-44(38-56-46(50)7-3)36-54-42-31-27-40(28-32-42)35-41-29-33-43(34-30-41)55-37-45(39-57-47(51)8-4)59-49(53)26-24-22-20-18-16-14-12-10-6-2/h11-12,31-36,47-48H,3-4,9-10,13-30,37-40H2,1-2,5-8H3;7-8,27-34,44-45H,3-6,9-26,35-39H2,1-2H3/b32-31+;. The van der Waals surface area contributed by atoms with Gasteiger partial charge in [-0.05, 0) is 153 Å². The zero-order valence-electron chi connectivity index (χ0n) is 76.3. The topological polar surface area (TPSA) is 247 Å². The summed E-state index contributed by atoms with van der Waals surface area (Å²) in [5.41, 5.74) is 7.67. The Morgan fingerprint density at radius 2 is 0.480 bits per heavy atom. The van der Waals surface area contributed by atoms with Gasteiger partial charge in [0, 0.05) is 50.0 Å². The van der Waals surface area contributed by atoms with Crippen LogP contribution in [0, 0.1) is 27.7 Å². The van der Waals surface area contributed by atoms with E-state index in [0.29, 0.717) is 55.1 Å². The van der Waals surface area contributed by atoms with E-state index >= 15 is 0 Å². The maximum atomic E-state index is 12.8. The van der Waals surface area contributed by atoms with Crippen LogP contribution in [0.25, 0.3) is 12.2 Å². The molecule has 0 spiro atoms. The van der Waals surface area contributed by atoms with Crippen molar-refractivity contribution >= 4 is 59.9 Å². The Hall–Kier alpha value is -9.46. The molecule has 4 atom stereocenters. The molecule has 0 aliphatic heterocycles. The Morgan fingerprint density at radius 1 is 0.276 bits per heavy atom. The van der Waals surface area contributed by atoms with Gasteiger partial charge in [-0.3, -0.25) is 19.2 Å². The Kier molecular flexibility index (Phi) is 61.2. The van der Waals surface area contributed by atoms with E-state index in [4.69, 9.17) is 56.8 Å². The highest BCUT2D eigenvalue weighted by Gasteiger charge is 2.24. The van der Waals surface area contributed by atoms with Crippen LogP contribution >= 0.6 is 0 Å². The van der Waals surface area contributed by atoms with E-state index in [9.17, 15) is 38.4 Å². The first-order valence-corrected chi connectivity index (χ1v) is 46.2. The second-order valence-electron chi connectivity index (χ2n) is 32.1. The van der Waals surface area contributed by atoms with Crippen molar-refractivity contribution in [3.63, 3.8) is 0 Å². The zero-order valence-corrected chi connectivity index (χ0v) is 76.3. The molecular weight excluding hydrogens is 1560 g/mol. The predicted molar refractivity (Wildman–Crippen MR) is 490 cm³/mol. The summed E-state index contributed by atoms with van der Waals surface area (Å²) < 4.78 is 67.8. The molecule has 0 heterocycles. The molecule has 684 valence electrons. The first-order valence-electron chi connectivity index (χ1n) is 46.2. The molecule has 0 bridgehead atoms. The highest BCUT2D eigenvalue weighted by Crippen LogP contribution is 2.30. The van der Waals surface area contributed by atoms with Gasteiger partial charge in [0.15, 0.2) is 24.4 Å². The molecule has 0 saturated carbocycles. The summed E-state index contributed by atoms with van der Waals surface area (Å²) in [4.78, 5) is 97.7. The number of hydrogen-bond acceptors (Lipinski definition) is 20. The summed E-state index contributed by atoms with van der Waals surface area (Å²) >= 11 is 0. The predicted octanol–water partition coefficient (Wildman–Crippen LogP) is 24.1. The van der Waals surface area contributed by atoms with Gasteiger partial charge in [-0.2, -0.15) is 0 Å². The third-order valence-corrected chi connectivity index (χ3v) is 20.8. The minimum Gasteiger partial charge on any atom is -0.490 e. The summed E-state index contributed by atoms with van der Waals surface area (Å²) in [7, 11) is 0. The average molecular weight is 1710 g/mol. The van der Waals surface area contributed by atoms with Crippen molar-refractivity contribution in [3.8, 4) is 23.0 Å². The second-order valence-corrected chi connectivity index (χ2v) is 32.1. The lowest BCUT2D eigenvalue weighted by Gasteiger charge is -2.20. The fraction of sp³-hybridized carbons (Fsp3) is 0.592. The number of aryl methyl sites for hydroxylation is 4. The molecule has 0 amide bonds. The van der Waals surface area contributed by atoms with Crippen LogP contribution in [0.15, 0.2) is 123 Å². The van der Waals surface area contributed by atoms with Crippen LogP contribution in [0.5, 0.6) is 23.0 Å². The molecule has 0 aliphatic carbocycles. The van der Waals surface area contributed by atoms with Crippen LogP contribution < -0.4 is 18.9 Å². The van der Waals surface area contributed by atoms with Crippen LogP contribution in [0.1, 0.15) is 329 Å². The van der Waals surface area contributed by atoms with Crippen molar-refractivity contribution in [3.05, 3.63) is 168 Å². The van der Waals surface area contributed by atoms with Gasteiger partial charge in [-0.15, -0.1) is 0 Å². The largest absolute Gasteiger partial charge is 0.490 e. The molecule has 4 unspecified atom stereocenters. The van der Waals surface area contributed by atoms with Crippen molar-refractivity contribution in [2.24, 2.45) is 0 Å². The van der Waals surface area contributed by atoms with Crippen molar-refractivity contribution < 1.29 is 95.2 Å². The first kappa shape index (κ1) is 108. The number of hydrogen-bond donors (Lipinski definition) is 0. The summed E-state index contributed by atoms with van der Waals surface area (Å²) in [6, 6.07) is 23.3. The Bertz CT molecular complexity index is 3390. The number of rotatable bonds is 72. The molecule has 0 saturated heterocycles. The average Bonchev–Trinajstić information content (AvgIpc) is 0.831. The van der Waals surface area contributed by atoms with E-state index < -0.39 is 48.3 Å². The van der Waals surface area contributed by atoms with E-state index in [-0.39, 0.29) is 76.7 Å². The molecule has 0 N–H and O–H groups in total. The van der Waals surface area contributed by atoms with Crippen LogP contribution in [-0.2, 0) is 82.7 Å². The number of unbranched alkanes of at least 4 members (excludes halogenated alkanes) is 32. The van der Waals surface area contributed by atoms with E-state index in [1.807, 2.05) is 113 Å². The second kappa shape index (κ2) is 69.9. The molecule has 0 radical (unpaired) electrons. The van der Waals surface area contributed by atoms with E-state index in [1.165, 1.54) is 154 Å². The van der Waals surface area contributed by atoms with Crippen LogP contribution in [-0.4, -0.2) is 125 Å². The normalized spacial score (nSPS) is 11.9. The molecule has 4 aromatic carbocycles. The number of ether oxygens (including phenoxy) is 12. The van der Waals surface area contributed by atoms with Gasteiger partial charge < -0.3 is 56.8 Å². The van der Waals surface area contributed by atoms with Crippen LogP contribution in [0.3, 0.4) is 0 Å². The van der Waals surface area contributed by atoms with Gasteiger partial charge in [-0.1, -0.05) is 296 Å². The van der Waals surface area contributed by atoms with E-state index in [0.717, 1.165) is 146 Å². The molecular formula is C103H152O20. The summed E-state index contributed by atoms with van der Waals surface area (Å²) in [5.74, 6) is -1.17. The highest BCUT2D eigenvalue weighted by molar-refractivity contribution is 5.82. The summed E-state index contributed by atoms with van der Waals surface area (Å²) in [6.45, 7) is 30.1. The quantitative estimate of drug-likeness (QED) is 0.0131. The van der Waals surface area contributed by atoms with Crippen LogP contribution in [0.2, 0.25) is 0 Å². The molecule has 0 aliphatic rings. The third-order valence-electron chi connectivity index (χ3n) is 20.8. The molecule has 123 heavy (non-hydrogen) atoms. The van der Waals surface area contributed by atoms with Crippen LogP contribution in [0.4, 0.5) is 0 Å². The van der Waals surface area contributed by atoms with Crippen molar-refractivity contribution in [2.75, 3.05) is 52.9 Å². The number of benzene rings is 4. The number of carbonyl (C=O) groups is 8. The molecule has 20 nitrogen and oxygen atoms in total. The minimum absolute atomic E-state index is 0.0280. The first-order chi connectivity index (χ1) is 59.6. The molecule has 20 heteroatoms. The summed E-state index contributed by atoms with van der Waals surface area (Å²) in [6.07, 6.45) is 48.7. The van der Waals surface area contributed by atoms with E-state index in [2.05, 4.69) is 54.0 Å². The molecule has 4 aromatic rings. The molecule has 4 rings (SSSR count). The van der Waals surface area contributed by atoms with Crippen molar-refractivity contribution in [1.82, 2.24) is 0 Å². The monoisotopic (exact) mass is 1710 g/mol. The fourth-order valence-electron chi connectivity index (χ4n) is 13.9. The van der Waals surface area contributed by atoms with Crippen molar-refractivity contribution in [2.45, 2.75) is 343 Å². The van der Waals surface area contributed by atoms with Gasteiger partial charge in [-0.25, -0.2) is 19.2 Å². The zero-order chi connectivity index (χ0) is 89.7. The Balaban J connectivity index is 0.000000637. The van der Waals surface area contributed by atoms with Gasteiger partial charge in [0.1, 0.15) is 75.9 Å². The molecule has 0 fully saturated rings. The molecule has 0 aromatic heterocycles. The SMILES string of the molecule is C=CC(=O)OCC(COc1c(C)cc(/C=C/c2cc(C)c(OCC(COC(=O)C=C)OC(=O)CCCCCCCCCCC)c(C)c2)cc1C)OC(=O)CCCCCCCCCCC.C=CC(=O)OCC(COc1ccc(Cc2ccc(OCC(COC(=O)C=C)OC(=O)CCCCCCCCCCC)cc2)cc1)OC(=O)CCCCCCCCCCC. The maximum absolute atomic E-state index is 12.8. The van der Waals surface area contributed by atoms with Crippen molar-refractivity contribution in [1.29, 1.82) is 0 Å². The van der Waals surface area contributed by atoms with Gasteiger partial charge in [0.25, 0.3) is 0 Å². The lowest BCUT2D eigenvalue weighted by Crippen LogP contribution is -2.31. The number of esters is 8. The Labute approximate surface area is 738 Å². The lowest BCUT2D eigenvalue weighted by molar-refractivity contribution is -0.159. The Morgan fingerprint density at radius 3 is 0.691 bits per heavy atom. The smallest absolute Gasteiger partial charge is 0.330 e. The maximum Gasteiger partial charge on any atom is 0.330 e. The van der Waals surface area contributed by atoms with Gasteiger partial charge >= 0.3 is 47.8 Å². The highest BCUT2D eigenvalue weighted by atomic mass is 16.6. The lowest BCUT2D eigenvalue weighted by atomic mass is 10.0. The fourth-order valence-corrected chi connectivity index (χ4v) is 13.9.